The number of hydrogen-bond acceptors (Lipinski definition) is 1. The van der Waals surface area contributed by atoms with E-state index in [1.165, 1.54) is 6.42 Å². The molecule has 0 heterocycles. The van der Waals surface area contributed by atoms with Crippen LogP contribution in [0.1, 0.15) is 48.0 Å². The number of nitrogens with one attached hydrogen (secondary N) is 1. The quantitative estimate of drug-likeness (QED) is 0.664. The zero-order valence-corrected chi connectivity index (χ0v) is 8.91. The highest BCUT2D eigenvalue weighted by atomic mass is 15.0. The van der Waals surface area contributed by atoms with Gasteiger partial charge in [-0.2, -0.15) is 0 Å². The van der Waals surface area contributed by atoms with E-state index in [1.807, 2.05) is 0 Å². The number of hydrogen-bond donors (Lipinski definition) is 1. The van der Waals surface area contributed by atoms with Crippen molar-refractivity contribution in [2.45, 2.75) is 53.5 Å². The van der Waals surface area contributed by atoms with Gasteiger partial charge in [0, 0.05) is 12.1 Å². The van der Waals surface area contributed by atoms with Crippen LogP contribution < -0.4 is 5.32 Å². The molecule has 0 radical (unpaired) electrons. The van der Waals surface area contributed by atoms with Gasteiger partial charge in [-0.05, 0) is 25.7 Å². The van der Waals surface area contributed by atoms with E-state index in [4.69, 9.17) is 0 Å². The van der Waals surface area contributed by atoms with Gasteiger partial charge in [0.25, 0.3) is 0 Å². The summed E-state index contributed by atoms with van der Waals surface area (Å²) in [6, 6.07) is 0. The van der Waals surface area contributed by atoms with Crippen molar-refractivity contribution in [1.29, 1.82) is 0 Å². The fourth-order valence-corrected chi connectivity index (χ4v) is 0.629. The molecular weight excluding hydrogens is 134 g/mol. The summed E-state index contributed by atoms with van der Waals surface area (Å²) in [5, 5.41) is 3.55. The molecule has 0 aliphatic heterocycles. The molecule has 0 aliphatic carbocycles. The molecule has 0 aromatic rings. The third-order valence-corrected chi connectivity index (χ3v) is 1.98. The van der Waals surface area contributed by atoms with Crippen LogP contribution in [0, 0.1) is 5.41 Å². The highest BCUT2D eigenvalue weighted by Gasteiger charge is 2.17. The maximum Gasteiger partial charge on any atom is 0.0122 e. The predicted octanol–water partition coefficient (Wildman–Crippen LogP) is 2.81. The summed E-state index contributed by atoms with van der Waals surface area (Å²) in [6.07, 6.45) is 1.18. The molecule has 0 unspecified atom stereocenters. The topological polar surface area (TPSA) is 12.0 Å². The van der Waals surface area contributed by atoms with Crippen LogP contribution >= 0.6 is 0 Å². The Morgan fingerprint density at radius 1 is 1.00 bits per heavy atom. The van der Waals surface area contributed by atoms with Gasteiger partial charge in [-0.15, -0.1) is 0 Å². The van der Waals surface area contributed by atoms with Crippen molar-refractivity contribution in [2.24, 2.45) is 5.41 Å². The van der Waals surface area contributed by atoms with Crippen LogP contribution in [0.3, 0.4) is 0 Å². The molecule has 0 amide bonds. The first-order chi connectivity index (χ1) is 4.77. The van der Waals surface area contributed by atoms with E-state index in [0.717, 1.165) is 6.54 Å². The van der Waals surface area contributed by atoms with E-state index in [9.17, 15) is 0 Å². The van der Waals surface area contributed by atoms with Crippen molar-refractivity contribution in [2.75, 3.05) is 6.54 Å². The van der Waals surface area contributed by atoms with Crippen LogP contribution in [0.4, 0.5) is 0 Å². The van der Waals surface area contributed by atoms with Crippen molar-refractivity contribution in [3.63, 3.8) is 0 Å². The van der Waals surface area contributed by atoms with Gasteiger partial charge in [0.15, 0.2) is 0 Å². The first-order valence-electron chi connectivity index (χ1n) is 4.52. The van der Waals surface area contributed by atoms with Crippen molar-refractivity contribution in [3.8, 4) is 0 Å². The van der Waals surface area contributed by atoms with Gasteiger partial charge in [0.05, 0.1) is 0 Å². The van der Waals surface area contributed by atoms with E-state index < -0.39 is 0 Å². The Morgan fingerprint density at radius 2 is 1.45 bits per heavy atom. The Bertz CT molecular complexity index is 109. The smallest absolute Gasteiger partial charge is 0.0122 e. The Labute approximate surface area is 71.6 Å². The standard InChI is InChI=1S/C10H23N/c1-7-10(5,6)11-8-9(2,3)4/h11H,7-8H2,1-6H3. The Morgan fingerprint density at radius 3 is 1.73 bits per heavy atom. The van der Waals surface area contributed by atoms with Crippen molar-refractivity contribution < 1.29 is 0 Å². The predicted molar refractivity (Wildman–Crippen MR) is 51.8 cm³/mol. The fraction of sp³-hybridized carbons (Fsp3) is 1.00. The fourth-order valence-electron chi connectivity index (χ4n) is 0.629. The van der Waals surface area contributed by atoms with Crippen molar-refractivity contribution >= 4 is 0 Å². The van der Waals surface area contributed by atoms with Gasteiger partial charge < -0.3 is 5.32 Å². The summed E-state index contributed by atoms with van der Waals surface area (Å²) in [7, 11) is 0. The zero-order chi connectivity index (χ0) is 9.12. The SMILES string of the molecule is CCC(C)(C)NCC(C)(C)C. The van der Waals surface area contributed by atoms with Gasteiger partial charge in [0.2, 0.25) is 0 Å². The second-order valence-electron chi connectivity index (χ2n) is 5.15. The summed E-state index contributed by atoms with van der Waals surface area (Å²) in [5.74, 6) is 0. The lowest BCUT2D eigenvalue weighted by Gasteiger charge is -2.29. The van der Waals surface area contributed by atoms with Crippen LogP contribution in [-0.2, 0) is 0 Å². The number of rotatable bonds is 3. The molecule has 68 valence electrons. The van der Waals surface area contributed by atoms with Gasteiger partial charge >= 0.3 is 0 Å². The Hall–Kier alpha value is -0.0400. The zero-order valence-electron chi connectivity index (χ0n) is 8.91. The maximum absolute atomic E-state index is 3.55. The molecule has 1 heteroatoms. The van der Waals surface area contributed by atoms with Gasteiger partial charge in [-0.1, -0.05) is 27.7 Å². The van der Waals surface area contributed by atoms with Crippen LogP contribution in [-0.4, -0.2) is 12.1 Å². The van der Waals surface area contributed by atoms with Crippen LogP contribution in [0.25, 0.3) is 0 Å². The second-order valence-corrected chi connectivity index (χ2v) is 5.15. The summed E-state index contributed by atoms with van der Waals surface area (Å²) in [4.78, 5) is 0. The average Bonchev–Trinajstić information content (AvgIpc) is 1.83. The van der Waals surface area contributed by atoms with Crippen LogP contribution in [0.15, 0.2) is 0 Å². The van der Waals surface area contributed by atoms with Crippen LogP contribution in [0.2, 0.25) is 0 Å². The molecule has 0 spiro atoms. The largest absolute Gasteiger partial charge is 0.311 e. The first-order valence-corrected chi connectivity index (χ1v) is 4.52. The molecule has 1 N–H and O–H groups in total. The van der Waals surface area contributed by atoms with E-state index in [-0.39, 0.29) is 0 Å². The first kappa shape index (κ1) is 11.0. The molecule has 1 nitrogen and oxygen atoms in total. The molecule has 0 fully saturated rings. The highest BCUT2D eigenvalue weighted by molar-refractivity contribution is 4.78. The van der Waals surface area contributed by atoms with Gasteiger partial charge in [-0.25, -0.2) is 0 Å². The minimum absolute atomic E-state index is 0.299. The van der Waals surface area contributed by atoms with Crippen molar-refractivity contribution in [3.05, 3.63) is 0 Å². The summed E-state index contributed by atoms with van der Waals surface area (Å²) in [6.45, 7) is 14.6. The molecule has 0 saturated heterocycles. The minimum Gasteiger partial charge on any atom is -0.311 e. The third-order valence-electron chi connectivity index (χ3n) is 1.98. The lowest BCUT2D eigenvalue weighted by atomic mass is 9.94. The van der Waals surface area contributed by atoms with Gasteiger partial charge in [-0.3, -0.25) is 0 Å². The molecule has 11 heavy (non-hydrogen) atoms. The molecule has 0 atom stereocenters. The Kier molecular flexibility index (Phi) is 3.56. The molecule has 0 saturated carbocycles. The Balaban J connectivity index is 3.70. The molecule has 0 rings (SSSR count). The highest BCUT2D eigenvalue weighted by Crippen LogP contribution is 2.14. The minimum atomic E-state index is 0.299. The van der Waals surface area contributed by atoms with Crippen LogP contribution in [0.5, 0.6) is 0 Å². The molecule has 0 bridgehead atoms. The average molecular weight is 157 g/mol. The van der Waals surface area contributed by atoms with E-state index in [2.05, 4.69) is 46.9 Å². The second kappa shape index (κ2) is 3.57. The summed E-state index contributed by atoms with van der Waals surface area (Å²) in [5.41, 5.74) is 0.694. The lowest BCUT2D eigenvalue weighted by Crippen LogP contribution is -2.42. The summed E-state index contributed by atoms with van der Waals surface area (Å²) < 4.78 is 0. The van der Waals surface area contributed by atoms with Crippen molar-refractivity contribution in [1.82, 2.24) is 5.32 Å². The van der Waals surface area contributed by atoms with E-state index >= 15 is 0 Å². The van der Waals surface area contributed by atoms with E-state index in [0.29, 0.717) is 11.0 Å². The lowest BCUT2D eigenvalue weighted by molar-refractivity contribution is 0.294. The molecular formula is C10H23N. The van der Waals surface area contributed by atoms with E-state index in [1.54, 1.807) is 0 Å². The maximum atomic E-state index is 3.55. The summed E-state index contributed by atoms with van der Waals surface area (Å²) >= 11 is 0. The van der Waals surface area contributed by atoms with Gasteiger partial charge in [0.1, 0.15) is 0 Å². The molecule has 0 aromatic heterocycles. The third kappa shape index (κ3) is 6.36. The molecule has 0 aromatic carbocycles. The molecule has 0 aliphatic rings. The monoisotopic (exact) mass is 157 g/mol. The normalized spacial score (nSPS) is 13.6.